The lowest BCUT2D eigenvalue weighted by Gasteiger charge is -2.06. The molecule has 0 heterocycles. The van der Waals surface area contributed by atoms with Gasteiger partial charge in [-0.1, -0.05) is 233 Å². The summed E-state index contributed by atoms with van der Waals surface area (Å²) in [5.74, 6) is -0.280. The average Bonchev–Trinajstić information content (AvgIpc) is 3.12. The Hall–Kier alpha value is -1.06. The largest absolute Gasteiger partial charge is 0.466 e. The molecule has 0 unspecified atom stereocenters. The van der Waals surface area contributed by atoms with Crippen LogP contribution in [0.3, 0.4) is 0 Å². The van der Waals surface area contributed by atoms with Crippen molar-refractivity contribution in [3.63, 3.8) is 0 Å². The molecule has 4 nitrogen and oxygen atoms in total. The fourth-order valence-electron chi connectivity index (χ4n) is 6.50. The van der Waals surface area contributed by atoms with Crippen molar-refractivity contribution in [3.05, 3.63) is 0 Å². The van der Waals surface area contributed by atoms with Crippen molar-refractivity contribution in [3.8, 4) is 0 Å². The standard InChI is InChI=1S/C24H50.C22H42O4/c1-3-5-7-9-11-13-15-17-19-21-23-24-22-20-18-16-14-12-10-8-6-4-2;1-3-5-7-9-11-15-19-25-21(23)17-13-14-18-22(24)26-20-16-12-10-8-6-4-2/h3-24H2,1-2H3;3-20H2,1-2H3. The van der Waals surface area contributed by atoms with Crippen molar-refractivity contribution in [2.24, 2.45) is 0 Å². The topological polar surface area (TPSA) is 52.6 Å². The smallest absolute Gasteiger partial charge is 0.305 e. The Kier molecular flexibility index (Phi) is 48.9. The second-order valence-corrected chi connectivity index (χ2v) is 15.3. The quantitative estimate of drug-likeness (QED) is 0.0470. The van der Waals surface area contributed by atoms with E-state index in [-0.39, 0.29) is 11.9 Å². The maximum absolute atomic E-state index is 11.6. The molecule has 0 spiro atoms. The zero-order valence-electron chi connectivity index (χ0n) is 34.9. The van der Waals surface area contributed by atoms with Crippen LogP contribution in [0.2, 0.25) is 0 Å². The Labute approximate surface area is 315 Å². The number of hydrogen-bond acceptors (Lipinski definition) is 4. The van der Waals surface area contributed by atoms with Gasteiger partial charge in [0.25, 0.3) is 0 Å². The summed E-state index contributed by atoms with van der Waals surface area (Å²) in [5.41, 5.74) is 0. The van der Waals surface area contributed by atoms with Crippen LogP contribution in [0.4, 0.5) is 0 Å². The molecule has 0 N–H and O–H groups in total. The molecule has 0 aliphatic heterocycles. The van der Waals surface area contributed by atoms with Crippen LogP contribution in [0.25, 0.3) is 0 Å². The highest BCUT2D eigenvalue weighted by molar-refractivity contribution is 5.70. The molecule has 0 saturated heterocycles. The third-order valence-electron chi connectivity index (χ3n) is 9.99. The highest BCUT2D eigenvalue weighted by atomic mass is 16.5. The van der Waals surface area contributed by atoms with Gasteiger partial charge in [-0.2, -0.15) is 0 Å². The molecule has 0 aromatic heterocycles. The summed E-state index contributed by atoms with van der Waals surface area (Å²) in [4.78, 5) is 23.2. The highest BCUT2D eigenvalue weighted by Crippen LogP contribution is 2.15. The second-order valence-electron chi connectivity index (χ2n) is 15.3. The van der Waals surface area contributed by atoms with Crippen LogP contribution in [-0.4, -0.2) is 25.2 Å². The van der Waals surface area contributed by atoms with Gasteiger partial charge in [-0.25, -0.2) is 0 Å². The van der Waals surface area contributed by atoms with Crippen LogP contribution >= 0.6 is 0 Å². The van der Waals surface area contributed by atoms with Gasteiger partial charge in [0.1, 0.15) is 0 Å². The molecule has 0 aliphatic carbocycles. The monoisotopic (exact) mass is 709 g/mol. The van der Waals surface area contributed by atoms with E-state index < -0.39 is 0 Å². The minimum atomic E-state index is -0.140. The molecular weight excluding hydrogens is 617 g/mol. The van der Waals surface area contributed by atoms with E-state index in [0.717, 1.165) is 25.7 Å². The van der Waals surface area contributed by atoms with Crippen molar-refractivity contribution >= 4 is 11.9 Å². The Morgan fingerprint density at radius 1 is 0.260 bits per heavy atom. The van der Waals surface area contributed by atoms with E-state index in [1.807, 2.05) is 0 Å². The van der Waals surface area contributed by atoms with Gasteiger partial charge in [-0.3, -0.25) is 9.59 Å². The van der Waals surface area contributed by atoms with Crippen LogP contribution in [0, 0.1) is 0 Å². The predicted octanol–water partition coefficient (Wildman–Crippen LogP) is 16.0. The van der Waals surface area contributed by atoms with E-state index in [2.05, 4.69) is 27.7 Å². The molecule has 4 heteroatoms. The fourth-order valence-corrected chi connectivity index (χ4v) is 6.50. The minimum Gasteiger partial charge on any atom is -0.466 e. The minimum absolute atomic E-state index is 0.140. The van der Waals surface area contributed by atoms with E-state index in [1.54, 1.807) is 0 Å². The highest BCUT2D eigenvalue weighted by Gasteiger charge is 2.06. The molecule has 0 amide bonds. The summed E-state index contributed by atoms with van der Waals surface area (Å²) in [6.45, 7) is 10.1. The molecule has 0 aliphatic rings. The fraction of sp³-hybridized carbons (Fsp3) is 0.957. The average molecular weight is 709 g/mol. The molecule has 300 valence electrons. The summed E-state index contributed by atoms with van der Waals surface area (Å²) < 4.78 is 10.4. The second kappa shape index (κ2) is 47.9. The van der Waals surface area contributed by atoms with Crippen LogP contribution < -0.4 is 0 Å². The predicted molar refractivity (Wildman–Crippen MR) is 220 cm³/mol. The summed E-state index contributed by atoms with van der Waals surface area (Å²) in [7, 11) is 0. The van der Waals surface area contributed by atoms with Gasteiger partial charge in [-0.05, 0) is 25.7 Å². The van der Waals surface area contributed by atoms with E-state index >= 15 is 0 Å². The van der Waals surface area contributed by atoms with Gasteiger partial charge < -0.3 is 9.47 Å². The molecule has 0 radical (unpaired) electrons. The van der Waals surface area contributed by atoms with Gasteiger partial charge in [-0.15, -0.1) is 0 Å². The lowest BCUT2D eigenvalue weighted by atomic mass is 10.0. The first-order valence-electron chi connectivity index (χ1n) is 22.9. The van der Waals surface area contributed by atoms with Crippen molar-refractivity contribution in [1.82, 2.24) is 0 Å². The zero-order valence-corrected chi connectivity index (χ0v) is 34.9. The number of carbonyl (C=O) groups excluding carboxylic acids is 2. The number of hydrogen-bond donors (Lipinski definition) is 0. The summed E-state index contributed by atoms with van der Waals surface area (Å²) in [6, 6.07) is 0. The Morgan fingerprint density at radius 3 is 0.640 bits per heavy atom. The molecular formula is C46H92O4. The van der Waals surface area contributed by atoms with E-state index in [1.165, 1.54) is 193 Å². The van der Waals surface area contributed by atoms with Crippen LogP contribution in [0.1, 0.15) is 272 Å². The first kappa shape index (κ1) is 51.0. The summed E-state index contributed by atoms with van der Waals surface area (Å²) in [6.07, 6.45) is 48.9. The lowest BCUT2D eigenvalue weighted by Crippen LogP contribution is -2.08. The Morgan fingerprint density at radius 2 is 0.440 bits per heavy atom. The molecule has 0 atom stereocenters. The maximum atomic E-state index is 11.6. The van der Waals surface area contributed by atoms with Crippen molar-refractivity contribution in [1.29, 1.82) is 0 Å². The first-order valence-corrected chi connectivity index (χ1v) is 22.9. The molecule has 0 aromatic carbocycles. The van der Waals surface area contributed by atoms with Gasteiger partial charge in [0.05, 0.1) is 13.2 Å². The molecule has 0 fully saturated rings. The third-order valence-corrected chi connectivity index (χ3v) is 9.99. The number of unbranched alkanes of at least 4 members (excludes halogenated alkanes) is 32. The van der Waals surface area contributed by atoms with Crippen molar-refractivity contribution in [2.45, 2.75) is 272 Å². The third kappa shape index (κ3) is 49.1. The summed E-state index contributed by atoms with van der Waals surface area (Å²) >= 11 is 0. The van der Waals surface area contributed by atoms with Crippen LogP contribution in [0.15, 0.2) is 0 Å². The normalized spacial score (nSPS) is 11.0. The van der Waals surface area contributed by atoms with E-state index in [4.69, 9.17) is 9.47 Å². The SMILES string of the molecule is CCCCCCCCCCCCCCCCCCCCCCCC.CCCCCCCCOC(=O)CCCCC(=O)OCCCCCCCC. The van der Waals surface area contributed by atoms with Gasteiger partial charge in [0, 0.05) is 12.8 Å². The Balaban J connectivity index is 0. The van der Waals surface area contributed by atoms with Crippen molar-refractivity contribution in [2.75, 3.05) is 13.2 Å². The molecule has 0 rings (SSSR count). The number of carbonyl (C=O) groups is 2. The number of esters is 2. The van der Waals surface area contributed by atoms with E-state index in [9.17, 15) is 9.59 Å². The van der Waals surface area contributed by atoms with E-state index in [0.29, 0.717) is 38.9 Å². The number of ether oxygens (including phenoxy) is 2. The van der Waals surface area contributed by atoms with Gasteiger partial charge in [0.2, 0.25) is 0 Å². The lowest BCUT2D eigenvalue weighted by molar-refractivity contribution is -0.146. The van der Waals surface area contributed by atoms with Crippen LogP contribution in [0.5, 0.6) is 0 Å². The van der Waals surface area contributed by atoms with Gasteiger partial charge >= 0.3 is 11.9 Å². The zero-order chi connectivity index (χ0) is 36.9. The molecule has 50 heavy (non-hydrogen) atoms. The Bertz CT molecular complexity index is 580. The van der Waals surface area contributed by atoms with Gasteiger partial charge in [0.15, 0.2) is 0 Å². The number of rotatable bonds is 40. The molecule has 0 saturated carbocycles. The van der Waals surface area contributed by atoms with Crippen LogP contribution in [-0.2, 0) is 19.1 Å². The summed E-state index contributed by atoms with van der Waals surface area (Å²) in [5, 5.41) is 0. The maximum Gasteiger partial charge on any atom is 0.305 e. The molecule has 0 aromatic rings. The van der Waals surface area contributed by atoms with Crippen molar-refractivity contribution < 1.29 is 19.1 Å². The first-order chi connectivity index (χ1) is 24.6. The molecule has 0 bridgehead atoms.